The molecule has 0 aliphatic heterocycles. The molecule has 1 heterocycles. The van der Waals surface area contributed by atoms with Crippen molar-refractivity contribution in [2.24, 2.45) is 0 Å². The molecular weight excluding hydrogens is 265 g/mol. The molecule has 2 aromatic rings. The van der Waals surface area contributed by atoms with E-state index in [0.717, 1.165) is 22.8 Å². The Morgan fingerprint density at radius 2 is 1.95 bits per heavy atom. The molecule has 19 heavy (non-hydrogen) atoms. The summed E-state index contributed by atoms with van der Waals surface area (Å²) in [6.07, 6.45) is -4.54. The van der Waals surface area contributed by atoms with Gasteiger partial charge in [0, 0.05) is 6.54 Å². The van der Waals surface area contributed by atoms with Crippen LogP contribution in [0, 0.1) is 0 Å². The van der Waals surface area contributed by atoms with Crippen molar-refractivity contribution in [3.63, 3.8) is 0 Å². The Kier molecular flexibility index (Phi) is 3.19. The molecule has 0 unspecified atom stereocenters. The lowest BCUT2D eigenvalue weighted by Gasteiger charge is -2.11. The number of aliphatic hydroxyl groups is 1. The first-order chi connectivity index (χ1) is 8.84. The van der Waals surface area contributed by atoms with E-state index in [1.165, 1.54) is 0 Å². The van der Waals surface area contributed by atoms with Crippen molar-refractivity contribution in [1.29, 1.82) is 0 Å². The molecule has 0 fully saturated rings. The van der Waals surface area contributed by atoms with E-state index >= 15 is 0 Å². The highest BCUT2D eigenvalue weighted by Crippen LogP contribution is 2.30. The van der Waals surface area contributed by atoms with Crippen molar-refractivity contribution in [1.82, 2.24) is 9.55 Å². The number of nitrogens with one attached hydrogen (secondary N) is 1. The van der Waals surface area contributed by atoms with Crippen LogP contribution in [0.5, 0.6) is 0 Å². The van der Waals surface area contributed by atoms with Gasteiger partial charge in [0.05, 0.1) is 23.2 Å². The molecule has 0 radical (unpaired) electrons. The maximum absolute atomic E-state index is 12.5. The zero-order chi connectivity index (χ0) is 14.2. The Morgan fingerprint density at radius 1 is 1.26 bits per heavy atom. The predicted octanol–water partition coefficient (Wildman–Crippen LogP) is 0.701. The van der Waals surface area contributed by atoms with Gasteiger partial charge in [0.15, 0.2) is 0 Å². The van der Waals surface area contributed by atoms with Crippen molar-refractivity contribution >= 4 is 11.0 Å². The van der Waals surface area contributed by atoms with E-state index in [1.807, 2.05) is 0 Å². The van der Waals surface area contributed by atoms with Gasteiger partial charge in [-0.1, -0.05) is 0 Å². The molecular formula is C11H9F3N2O3. The summed E-state index contributed by atoms with van der Waals surface area (Å²) in [7, 11) is 0. The zero-order valence-corrected chi connectivity index (χ0v) is 9.49. The molecule has 8 heteroatoms. The molecule has 5 nitrogen and oxygen atoms in total. The van der Waals surface area contributed by atoms with Gasteiger partial charge in [0.1, 0.15) is 0 Å². The number of halogens is 3. The summed E-state index contributed by atoms with van der Waals surface area (Å²) in [6.45, 7) is -0.565. The first kappa shape index (κ1) is 13.3. The molecule has 0 spiro atoms. The van der Waals surface area contributed by atoms with Crippen LogP contribution in [0.1, 0.15) is 5.56 Å². The minimum Gasteiger partial charge on any atom is -0.395 e. The van der Waals surface area contributed by atoms with Gasteiger partial charge in [-0.05, 0) is 18.2 Å². The fraction of sp³-hybridized carbons (Fsp3) is 0.273. The van der Waals surface area contributed by atoms with Crippen molar-refractivity contribution in [2.75, 3.05) is 6.61 Å². The molecule has 2 rings (SSSR count). The fourth-order valence-corrected chi connectivity index (χ4v) is 1.78. The van der Waals surface area contributed by atoms with Crippen LogP contribution < -0.4 is 11.1 Å². The van der Waals surface area contributed by atoms with E-state index in [2.05, 4.69) is 4.98 Å². The predicted molar refractivity (Wildman–Crippen MR) is 60.9 cm³/mol. The Morgan fingerprint density at radius 3 is 2.53 bits per heavy atom. The molecule has 0 bridgehead atoms. The summed E-state index contributed by atoms with van der Waals surface area (Å²) in [5.41, 5.74) is -2.84. The number of aromatic nitrogens is 2. The standard InChI is InChI=1S/C11H9F3N2O3/c12-11(13,14)6-1-2-8-7(5-6)15-9(18)10(19)16(8)3-4-17/h1-2,5,17H,3-4H2,(H,15,18). The van der Waals surface area contributed by atoms with Crippen molar-refractivity contribution in [3.8, 4) is 0 Å². The smallest absolute Gasteiger partial charge is 0.395 e. The van der Waals surface area contributed by atoms with Gasteiger partial charge in [0.25, 0.3) is 0 Å². The molecule has 2 N–H and O–H groups in total. The van der Waals surface area contributed by atoms with E-state index in [1.54, 1.807) is 0 Å². The van der Waals surface area contributed by atoms with Crippen LogP contribution in [-0.4, -0.2) is 21.3 Å². The minimum absolute atomic E-state index is 0.104. The molecule has 0 atom stereocenters. The summed E-state index contributed by atoms with van der Waals surface area (Å²) in [5.74, 6) is 0. The third-order valence-corrected chi connectivity index (χ3v) is 2.63. The third kappa shape index (κ3) is 2.39. The molecule has 102 valence electrons. The number of H-pyrrole nitrogens is 1. The molecule has 0 aliphatic rings. The lowest BCUT2D eigenvalue weighted by Crippen LogP contribution is -2.37. The quantitative estimate of drug-likeness (QED) is 0.792. The zero-order valence-electron chi connectivity index (χ0n) is 9.49. The van der Waals surface area contributed by atoms with Crippen LogP contribution in [0.15, 0.2) is 27.8 Å². The summed E-state index contributed by atoms with van der Waals surface area (Å²) < 4.78 is 38.6. The lowest BCUT2D eigenvalue weighted by atomic mass is 10.2. The number of nitrogens with zero attached hydrogens (tertiary/aromatic N) is 1. The molecule has 1 aromatic heterocycles. The number of fused-ring (bicyclic) bond motifs is 1. The highest BCUT2D eigenvalue weighted by Gasteiger charge is 2.30. The second-order valence-corrected chi connectivity index (χ2v) is 3.86. The Labute approximate surface area is 103 Å². The van der Waals surface area contributed by atoms with Crippen molar-refractivity contribution in [2.45, 2.75) is 12.7 Å². The van der Waals surface area contributed by atoms with Crippen molar-refractivity contribution in [3.05, 3.63) is 44.5 Å². The Hall–Kier alpha value is -2.09. The fourth-order valence-electron chi connectivity index (χ4n) is 1.78. The highest BCUT2D eigenvalue weighted by molar-refractivity contribution is 5.75. The third-order valence-electron chi connectivity index (χ3n) is 2.63. The van der Waals surface area contributed by atoms with Gasteiger partial charge in [0.2, 0.25) is 0 Å². The van der Waals surface area contributed by atoms with Crippen LogP contribution in [0.2, 0.25) is 0 Å². The van der Waals surface area contributed by atoms with Gasteiger partial charge in [-0.3, -0.25) is 14.2 Å². The van der Waals surface area contributed by atoms with Gasteiger partial charge >= 0.3 is 17.3 Å². The summed E-state index contributed by atoms with van der Waals surface area (Å²) in [5, 5.41) is 8.83. The van der Waals surface area contributed by atoms with Crippen molar-refractivity contribution < 1.29 is 18.3 Å². The number of benzene rings is 1. The molecule has 0 aliphatic carbocycles. The van der Waals surface area contributed by atoms with Gasteiger partial charge in [-0.2, -0.15) is 13.2 Å². The first-order valence-electron chi connectivity index (χ1n) is 5.29. The van der Waals surface area contributed by atoms with Crippen LogP contribution in [0.3, 0.4) is 0 Å². The lowest BCUT2D eigenvalue weighted by molar-refractivity contribution is -0.137. The number of hydrogen-bond donors (Lipinski definition) is 2. The van der Waals surface area contributed by atoms with Gasteiger partial charge < -0.3 is 10.1 Å². The van der Waals surface area contributed by atoms with E-state index in [0.29, 0.717) is 0 Å². The van der Waals surface area contributed by atoms with E-state index in [4.69, 9.17) is 5.11 Å². The maximum Gasteiger partial charge on any atom is 0.416 e. The van der Waals surface area contributed by atoms with Crippen LogP contribution >= 0.6 is 0 Å². The maximum atomic E-state index is 12.5. The number of hydrogen-bond acceptors (Lipinski definition) is 3. The number of alkyl halides is 3. The average molecular weight is 274 g/mol. The van der Waals surface area contributed by atoms with Gasteiger partial charge in [-0.25, -0.2) is 0 Å². The molecule has 1 aromatic carbocycles. The van der Waals surface area contributed by atoms with E-state index in [-0.39, 0.29) is 17.6 Å². The van der Waals surface area contributed by atoms with Gasteiger partial charge in [-0.15, -0.1) is 0 Å². The normalized spacial score (nSPS) is 12.0. The monoisotopic (exact) mass is 274 g/mol. The largest absolute Gasteiger partial charge is 0.416 e. The van der Waals surface area contributed by atoms with Crippen LogP contribution in [0.4, 0.5) is 13.2 Å². The van der Waals surface area contributed by atoms with Crippen LogP contribution in [0.25, 0.3) is 11.0 Å². The second-order valence-electron chi connectivity index (χ2n) is 3.86. The molecule has 0 saturated carbocycles. The van der Waals surface area contributed by atoms with E-state index in [9.17, 15) is 22.8 Å². The summed E-state index contributed by atoms with van der Waals surface area (Å²) >= 11 is 0. The second kappa shape index (κ2) is 4.54. The van der Waals surface area contributed by atoms with Crippen LogP contribution in [-0.2, 0) is 12.7 Å². The summed E-state index contributed by atoms with van der Waals surface area (Å²) in [6, 6.07) is 2.66. The first-order valence-corrected chi connectivity index (χ1v) is 5.29. The van der Waals surface area contributed by atoms with E-state index < -0.39 is 29.5 Å². The highest BCUT2D eigenvalue weighted by atomic mass is 19.4. The molecule has 0 amide bonds. The Bertz CT molecular complexity index is 731. The Balaban J connectivity index is 2.79. The molecule has 0 saturated heterocycles. The minimum atomic E-state index is -4.54. The number of aromatic amines is 1. The SMILES string of the molecule is O=c1[nH]c2cc(C(F)(F)F)ccc2n(CCO)c1=O. The summed E-state index contributed by atoms with van der Waals surface area (Å²) in [4.78, 5) is 25.0. The number of aliphatic hydroxyl groups excluding tert-OH is 1. The number of rotatable bonds is 2. The topological polar surface area (TPSA) is 75.1 Å². The average Bonchev–Trinajstić information content (AvgIpc) is 2.33.